The molecule has 0 aromatic heterocycles. The van der Waals surface area contributed by atoms with E-state index in [0.717, 1.165) is 19.3 Å². The van der Waals surface area contributed by atoms with Crippen molar-refractivity contribution in [2.45, 2.75) is 66.4 Å². The molecule has 3 nitrogen and oxygen atoms in total. The highest BCUT2D eigenvalue weighted by Gasteiger charge is 2.30. The lowest BCUT2D eigenvalue weighted by molar-refractivity contribution is -0.122. The van der Waals surface area contributed by atoms with Gasteiger partial charge >= 0.3 is 0 Å². The molecule has 17 heavy (non-hydrogen) atoms. The van der Waals surface area contributed by atoms with E-state index < -0.39 is 6.10 Å². The number of amides is 1. The molecule has 1 unspecified atom stereocenters. The summed E-state index contributed by atoms with van der Waals surface area (Å²) in [5.41, 5.74) is -0.269. The molecule has 0 spiro atoms. The Labute approximate surface area is 106 Å². The molecule has 0 heterocycles. The Balaban J connectivity index is 3.96. The molecule has 102 valence electrons. The molecule has 0 aromatic rings. The predicted octanol–water partition coefficient (Wildman–Crippen LogP) is 2.73. The summed E-state index contributed by atoms with van der Waals surface area (Å²) in [6, 6.07) is 0. The SMILES string of the molecule is CCCCCC(=O)NCC(C)(C)C(O)C(C)C. The van der Waals surface area contributed by atoms with Gasteiger partial charge in [0.25, 0.3) is 0 Å². The highest BCUT2D eigenvalue weighted by atomic mass is 16.3. The highest BCUT2D eigenvalue weighted by Crippen LogP contribution is 2.25. The van der Waals surface area contributed by atoms with Gasteiger partial charge in [0.1, 0.15) is 0 Å². The molecule has 1 amide bonds. The van der Waals surface area contributed by atoms with Crippen LogP contribution in [-0.2, 0) is 4.79 Å². The molecule has 0 aromatic carbocycles. The van der Waals surface area contributed by atoms with Crippen molar-refractivity contribution in [2.24, 2.45) is 11.3 Å². The van der Waals surface area contributed by atoms with Crippen LogP contribution in [0.15, 0.2) is 0 Å². The van der Waals surface area contributed by atoms with Gasteiger partial charge in [-0.2, -0.15) is 0 Å². The number of aliphatic hydroxyl groups is 1. The van der Waals surface area contributed by atoms with E-state index in [1.165, 1.54) is 0 Å². The molecule has 0 bridgehead atoms. The number of aliphatic hydroxyl groups excluding tert-OH is 1. The summed E-state index contributed by atoms with van der Waals surface area (Å²) in [6.07, 6.45) is 3.39. The summed E-state index contributed by atoms with van der Waals surface area (Å²) < 4.78 is 0. The first kappa shape index (κ1) is 16.4. The summed E-state index contributed by atoms with van der Waals surface area (Å²) in [5, 5.41) is 12.9. The van der Waals surface area contributed by atoms with E-state index in [0.29, 0.717) is 13.0 Å². The van der Waals surface area contributed by atoms with Gasteiger partial charge < -0.3 is 10.4 Å². The van der Waals surface area contributed by atoms with E-state index in [9.17, 15) is 9.90 Å². The third-order valence-electron chi connectivity index (χ3n) is 3.18. The molecule has 2 N–H and O–H groups in total. The molecule has 0 aliphatic heterocycles. The van der Waals surface area contributed by atoms with Crippen molar-refractivity contribution in [3.05, 3.63) is 0 Å². The first-order valence-corrected chi connectivity index (χ1v) is 6.76. The number of hydrogen-bond donors (Lipinski definition) is 2. The van der Waals surface area contributed by atoms with E-state index in [-0.39, 0.29) is 17.2 Å². The number of carbonyl (C=O) groups is 1. The average molecular weight is 243 g/mol. The van der Waals surface area contributed by atoms with Crippen LogP contribution in [0.25, 0.3) is 0 Å². The van der Waals surface area contributed by atoms with Crippen LogP contribution in [-0.4, -0.2) is 23.7 Å². The summed E-state index contributed by atoms with van der Waals surface area (Å²) in [4.78, 5) is 11.6. The van der Waals surface area contributed by atoms with Crippen LogP contribution in [0.4, 0.5) is 0 Å². The molecule has 0 saturated heterocycles. The van der Waals surface area contributed by atoms with Crippen LogP contribution in [0.3, 0.4) is 0 Å². The molecule has 3 heteroatoms. The molecular weight excluding hydrogens is 214 g/mol. The Hall–Kier alpha value is -0.570. The standard InChI is InChI=1S/C14H29NO2/c1-6-7-8-9-12(16)15-10-14(4,5)13(17)11(2)3/h11,13,17H,6-10H2,1-5H3,(H,15,16). The van der Waals surface area contributed by atoms with Gasteiger partial charge in [-0.25, -0.2) is 0 Å². The van der Waals surface area contributed by atoms with Gasteiger partial charge in [-0.05, 0) is 12.3 Å². The number of unbranched alkanes of at least 4 members (excludes halogenated alkanes) is 2. The summed E-state index contributed by atoms with van der Waals surface area (Å²) in [6.45, 7) is 10.6. The van der Waals surface area contributed by atoms with E-state index in [2.05, 4.69) is 12.2 Å². The van der Waals surface area contributed by atoms with Gasteiger partial charge in [-0.1, -0.05) is 47.5 Å². The van der Waals surface area contributed by atoms with Gasteiger partial charge in [-0.15, -0.1) is 0 Å². The van der Waals surface area contributed by atoms with Gasteiger partial charge in [0.05, 0.1) is 6.10 Å². The van der Waals surface area contributed by atoms with E-state index >= 15 is 0 Å². The zero-order chi connectivity index (χ0) is 13.5. The van der Waals surface area contributed by atoms with Crippen LogP contribution >= 0.6 is 0 Å². The lowest BCUT2D eigenvalue weighted by Gasteiger charge is -2.33. The Bertz CT molecular complexity index is 224. The zero-order valence-corrected chi connectivity index (χ0v) is 12.0. The second-order valence-electron chi connectivity index (χ2n) is 5.91. The maximum absolute atomic E-state index is 11.6. The van der Waals surface area contributed by atoms with Crippen LogP contribution < -0.4 is 5.32 Å². The van der Waals surface area contributed by atoms with Crippen molar-refractivity contribution in [2.75, 3.05) is 6.54 Å². The van der Waals surface area contributed by atoms with Crippen LogP contribution in [0.2, 0.25) is 0 Å². The molecule has 0 radical (unpaired) electrons. The lowest BCUT2D eigenvalue weighted by Crippen LogP contribution is -2.43. The second kappa shape index (κ2) is 7.70. The average Bonchev–Trinajstić information content (AvgIpc) is 2.25. The monoisotopic (exact) mass is 243 g/mol. The number of carbonyl (C=O) groups excluding carboxylic acids is 1. The van der Waals surface area contributed by atoms with Crippen molar-refractivity contribution >= 4 is 5.91 Å². The third kappa shape index (κ3) is 6.67. The van der Waals surface area contributed by atoms with Gasteiger partial charge in [-0.3, -0.25) is 4.79 Å². The Morgan fingerprint density at radius 1 is 1.29 bits per heavy atom. The number of rotatable bonds is 8. The van der Waals surface area contributed by atoms with E-state index in [4.69, 9.17) is 0 Å². The fourth-order valence-electron chi connectivity index (χ4n) is 1.96. The minimum atomic E-state index is -0.390. The fourth-order valence-corrected chi connectivity index (χ4v) is 1.96. The quantitative estimate of drug-likeness (QED) is 0.644. The van der Waals surface area contributed by atoms with Crippen molar-refractivity contribution in [3.63, 3.8) is 0 Å². The number of nitrogens with one attached hydrogen (secondary N) is 1. The van der Waals surface area contributed by atoms with Crippen molar-refractivity contribution in [3.8, 4) is 0 Å². The summed E-state index contributed by atoms with van der Waals surface area (Å²) >= 11 is 0. The zero-order valence-electron chi connectivity index (χ0n) is 12.0. The molecule has 0 saturated carbocycles. The van der Waals surface area contributed by atoms with Gasteiger partial charge in [0.15, 0.2) is 0 Å². The first-order valence-electron chi connectivity index (χ1n) is 6.76. The Morgan fingerprint density at radius 3 is 2.35 bits per heavy atom. The topological polar surface area (TPSA) is 49.3 Å². The van der Waals surface area contributed by atoms with Crippen LogP contribution in [0, 0.1) is 11.3 Å². The van der Waals surface area contributed by atoms with Crippen molar-refractivity contribution in [1.82, 2.24) is 5.32 Å². The van der Waals surface area contributed by atoms with E-state index in [1.54, 1.807) is 0 Å². The molecule has 0 aliphatic carbocycles. The second-order valence-corrected chi connectivity index (χ2v) is 5.91. The predicted molar refractivity (Wildman–Crippen MR) is 71.8 cm³/mol. The fraction of sp³-hybridized carbons (Fsp3) is 0.929. The first-order chi connectivity index (χ1) is 7.81. The third-order valence-corrected chi connectivity index (χ3v) is 3.18. The van der Waals surface area contributed by atoms with Crippen molar-refractivity contribution in [1.29, 1.82) is 0 Å². The normalized spacial score (nSPS) is 13.8. The van der Waals surface area contributed by atoms with Crippen LogP contribution in [0.5, 0.6) is 0 Å². The Kier molecular flexibility index (Phi) is 7.44. The molecule has 0 fully saturated rings. The minimum Gasteiger partial charge on any atom is -0.392 e. The molecule has 1 atom stereocenters. The lowest BCUT2D eigenvalue weighted by atomic mass is 9.80. The molecule has 0 rings (SSSR count). The Morgan fingerprint density at radius 2 is 1.88 bits per heavy atom. The van der Waals surface area contributed by atoms with Gasteiger partial charge in [0, 0.05) is 18.4 Å². The summed E-state index contributed by atoms with van der Waals surface area (Å²) in [7, 11) is 0. The minimum absolute atomic E-state index is 0.0995. The maximum Gasteiger partial charge on any atom is 0.220 e. The maximum atomic E-state index is 11.6. The van der Waals surface area contributed by atoms with E-state index in [1.807, 2.05) is 27.7 Å². The smallest absolute Gasteiger partial charge is 0.220 e. The number of hydrogen-bond acceptors (Lipinski definition) is 2. The summed E-state index contributed by atoms with van der Waals surface area (Å²) in [5.74, 6) is 0.310. The van der Waals surface area contributed by atoms with Crippen molar-refractivity contribution < 1.29 is 9.90 Å². The highest BCUT2D eigenvalue weighted by molar-refractivity contribution is 5.75. The molecular formula is C14H29NO2. The van der Waals surface area contributed by atoms with Crippen LogP contribution in [0.1, 0.15) is 60.3 Å². The molecule has 0 aliphatic rings. The largest absolute Gasteiger partial charge is 0.392 e. The van der Waals surface area contributed by atoms with Gasteiger partial charge in [0.2, 0.25) is 5.91 Å².